The Morgan fingerprint density at radius 3 is 2.37 bits per heavy atom. The molecule has 1 rings (SSSR count). The fraction of sp³-hybridized carbons (Fsp3) is 0.333. The van der Waals surface area contributed by atoms with Gasteiger partial charge in [-0.2, -0.15) is 12.6 Å². The van der Waals surface area contributed by atoms with Crippen molar-refractivity contribution < 1.29 is 19.8 Å². The molecule has 0 saturated heterocycles. The van der Waals surface area contributed by atoms with E-state index in [4.69, 9.17) is 15.9 Å². The minimum absolute atomic E-state index is 0.0942. The van der Waals surface area contributed by atoms with E-state index in [1.54, 1.807) is 12.1 Å². The minimum atomic E-state index is -1.15. The molecule has 0 aliphatic heterocycles. The maximum Gasteiger partial charge on any atom is 0.326 e. The van der Waals surface area contributed by atoms with Crippen molar-refractivity contribution in [3.63, 3.8) is 0 Å². The second kappa shape index (κ2) is 7.01. The van der Waals surface area contributed by atoms with E-state index in [-0.39, 0.29) is 17.9 Å². The van der Waals surface area contributed by atoms with Crippen LogP contribution in [0.2, 0.25) is 0 Å². The highest BCUT2D eigenvalue weighted by Gasteiger charge is 2.22. The molecule has 1 aromatic carbocycles. The fourth-order valence-corrected chi connectivity index (χ4v) is 1.60. The van der Waals surface area contributed by atoms with E-state index in [2.05, 4.69) is 17.9 Å². The molecule has 104 valence electrons. The van der Waals surface area contributed by atoms with Gasteiger partial charge in [-0.3, -0.25) is 4.79 Å². The van der Waals surface area contributed by atoms with Crippen LogP contribution in [0.15, 0.2) is 24.3 Å². The summed E-state index contributed by atoms with van der Waals surface area (Å²) in [5.74, 6) is -1.47. The molecule has 0 aliphatic rings. The molecule has 0 radical (unpaired) electrons. The lowest BCUT2D eigenvalue weighted by Gasteiger charge is -2.17. The quantitative estimate of drug-likeness (QED) is 0.463. The van der Waals surface area contributed by atoms with Gasteiger partial charge in [0.15, 0.2) is 0 Å². The van der Waals surface area contributed by atoms with E-state index >= 15 is 0 Å². The lowest BCUT2D eigenvalue weighted by molar-refractivity contribution is -0.141. The Kier molecular flexibility index (Phi) is 5.65. The zero-order chi connectivity index (χ0) is 14.4. The molecule has 2 atom stereocenters. The van der Waals surface area contributed by atoms with Crippen molar-refractivity contribution in [1.29, 1.82) is 0 Å². The fourth-order valence-electron chi connectivity index (χ4n) is 1.43. The monoisotopic (exact) mass is 284 g/mol. The molecule has 1 aromatic rings. The van der Waals surface area contributed by atoms with Gasteiger partial charge in [0.2, 0.25) is 5.91 Å². The second-order valence-electron chi connectivity index (χ2n) is 4.06. The predicted octanol–water partition coefficient (Wildman–Crippen LogP) is -0.239. The molecule has 5 N–H and O–H groups in total. The number of phenolic OH excluding ortho intramolecular Hbond substituents is 1. The molecular weight excluding hydrogens is 268 g/mol. The van der Waals surface area contributed by atoms with Gasteiger partial charge in [-0.05, 0) is 17.7 Å². The number of aliphatic carboxylic acids is 1. The Labute approximate surface area is 116 Å². The first kappa shape index (κ1) is 15.3. The van der Waals surface area contributed by atoms with Crippen LogP contribution < -0.4 is 11.1 Å². The molecular formula is C12H16N2O4S. The number of nitrogens with one attached hydrogen (secondary N) is 1. The highest BCUT2D eigenvalue weighted by atomic mass is 32.1. The van der Waals surface area contributed by atoms with Crippen molar-refractivity contribution in [1.82, 2.24) is 5.32 Å². The van der Waals surface area contributed by atoms with E-state index in [9.17, 15) is 9.59 Å². The number of amides is 1. The van der Waals surface area contributed by atoms with E-state index < -0.39 is 24.0 Å². The van der Waals surface area contributed by atoms with E-state index in [0.717, 1.165) is 0 Å². The average molecular weight is 284 g/mol. The van der Waals surface area contributed by atoms with Crippen LogP contribution in [0.3, 0.4) is 0 Å². The summed E-state index contributed by atoms with van der Waals surface area (Å²) in [5, 5.41) is 20.6. The first-order chi connectivity index (χ1) is 8.93. The van der Waals surface area contributed by atoms with Crippen molar-refractivity contribution in [2.45, 2.75) is 18.5 Å². The maximum atomic E-state index is 11.5. The topological polar surface area (TPSA) is 113 Å². The Morgan fingerprint density at radius 1 is 1.32 bits per heavy atom. The van der Waals surface area contributed by atoms with Gasteiger partial charge in [-0.1, -0.05) is 12.1 Å². The molecule has 0 saturated carbocycles. The number of rotatable bonds is 6. The third kappa shape index (κ3) is 4.80. The summed E-state index contributed by atoms with van der Waals surface area (Å²) in [7, 11) is 0. The number of carbonyl (C=O) groups excluding carboxylic acids is 1. The number of nitrogens with two attached hydrogens (primary N) is 1. The lowest BCUT2D eigenvalue weighted by Crippen LogP contribution is -2.50. The summed E-state index contributed by atoms with van der Waals surface area (Å²) in [5.41, 5.74) is 6.15. The van der Waals surface area contributed by atoms with Crippen LogP contribution in [0.25, 0.3) is 0 Å². The van der Waals surface area contributed by atoms with E-state index in [1.165, 1.54) is 12.1 Å². The van der Waals surface area contributed by atoms with Crippen molar-refractivity contribution >= 4 is 24.5 Å². The van der Waals surface area contributed by atoms with Crippen LogP contribution in [0, 0.1) is 0 Å². The summed E-state index contributed by atoms with van der Waals surface area (Å²) in [4.78, 5) is 22.6. The van der Waals surface area contributed by atoms with Gasteiger partial charge < -0.3 is 21.3 Å². The molecule has 6 nitrogen and oxygen atoms in total. The molecule has 0 aliphatic carbocycles. The zero-order valence-electron chi connectivity index (χ0n) is 10.1. The maximum absolute atomic E-state index is 11.5. The first-order valence-electron chi connectivity index (χ1n) is 5.61. The molecule has 0 bridgehead atoms. The minimum Gasteiger partial charge on any atom is -0.508 e. The molecule has 0 heterocycles. The normalized spacial score (nSPS) is 13.6. The molecule has 0 spiro atoms. The average Bonchev–Trinajstić information content (AvgIpc) is 2.39. The number of carbonyl (C=O) groups is 2. The first-order valence-corrected chi connectivity index (χ1v) is 6.24. The third-order valence-corrected chi connectivity index (χ3v) is 2.92. The summed E-state index contributed by atoms with van der Waals surface area (Å²) >= 11 is 3.88. The number of hydrogen-bond acceptors (Lipinski definition) is 5. The molecule has 19 heavy (non-hydrogen) atoms. The molecule has 7 heteroatoms. The number of phenols is 1. The Morgan fingerprint density at radius 2 is 1.89 bits per heavy atom. The van der Waals surface area contributed by atoms with Crippen LogP contribution in [-0.2, 0) is 16.0 Å². The highest BCUT2D eigenvalue weighted by molar-refractivity contribution is 7.80. The Balaban J connectivity index is 2.71. The van der Waals surface area contributed by atoms with Gasteiger partial charge >= 0.3 is 5.97 Å². The van der Waals surface area contributed by atoms with Crippen molar-refractivity contribution in [3.8, 4) is 5.75 Å². The van der Waals surface area contributed by atoms with Crippen LogP contribution >= 0.6 is 12.6 Å². The number of thiol groups is 1. The SMILES string of the molecule is N[C@H](CS)C(=O)N[C@@H](Cc1ccc(O)cc1)C(=O)O. The smallest absolute Gasteiger partial charge is 0.326 e. The van der Waals surface area contributed by atoms with Crippen molar-refractivity contribution in [2.24, 2.45) is 5.73 Å². The zero-order valence-corrected chi connectivity index (χ0v) is 11.0. The molecule has 0 aromatic heterocycles. The molecule has 0 fully saturated rings. The van der Waals surface area contributed by atoms with Crippen LogP contribution in [-0.4, -0.2) is 39.9 Å². The van der Waals surface area contributed by atoms with E-state index in [0.29, 0.717) is 5.56 Å². The van der Waals surface area contributed by atoms with Crippen LogP contribution in [0.5, 0.6) is 5.75 Å². The van der Waals surface area contributed by atoms with E-state index in [1.807, 2.05) is 0 Å². The van der Waals surface area contributed by atoms with Crippen molar-refractivity contribution in [2.75, 3.05) is 5.75 Å². The largest absolute Gasteiger partial charge is 0.508 e. The van der Waals surface area contributed by atoms with Gasteiger partial charge in [0, 0.05) is 12.2 Å². The van der Waals surface area contributed by atoms with Gasteiger partial charge in [0.25, 0.3) is 0 Å². The molecule has 1 amide bonds. The Hall–Kier alpha value is -1.73. The number of aromatic hydroxyl groups is 1. The Bertz CT molecular complexity index is 450. The lowest BCUT2D eigenvalue weighted by atomic mass is 10.1. The number of hydrogen-bond donors (Lipinski definition) is 5. The van der Waals surface area contributed by atoms with Gasteiger partial charge in [0.1, 0.15) is 11.8 Å². The third-order valence-electron chi connectivity index (χ3n) is 2.52. The van der Waals surface area contributed by atoms with Crippen LogP contribution in [0.1, 0.15) is 5.56 Å². The molecule has 0 unspecified atom stereocenters. The summed E-state index contributed by atoms with van der Waals surface area (Å²) in [6.45, 7) is 0. The van der Waals surface area contributed by atoms with Gasteiger partial charge in [0.05, 0.1) is 6.04 Å². The summed E-state index contributed by atoms with van der Waals surface area (Å²) in [6, 6.07) is 4.18. The second-order valence-corrected chi connectivity index (χ2v) is 4.42. The van der Waals surface area contributed by atoms with Crippen LogP contribution in [0.4, 0.5) is 0 Å². The van der Waals surface area contributed by atoms with Crippen molar-refractivity contribution in [3.05, 3.63) is 29.8 Å². The van der Waals surface area contributed by atoms with Gasteiger partial charge in [-0.15, -0.1) is 0 Å². The summed E-state index contributed by atoms with van der Waals surface area (Å²) < 4.78 is 0. The highest BCUT2D eigenvalue weighted by Crippen LogP contribution is 2.11. The summed E-state index contributed by atoms with van der Waals surface area (Å²) in [6.07, 6.45) is 0.112. The number of carboxylic acid groups (broad SMARTS) is 1. The predicted molar refractivity (Wildman–Crippen MR) is 73.2 cm³/mol. The van der Waals surface area contributed by atoms with Gasteiger partial charge in [-0.25, -0.2) is 4.79 Å². The standard InChI is InChI=1S/C12H16N2O4S/c13-9(6-19)11(16)14-10(12(17)18)5-7-1-3-8(15)4-2-7/h1-4,9-10,15,19H,5-6,13H2,(H,14,16)(H,17,18)/t9-,10+/m1/s1. The number of carboxylic acids is 1. The number of benzene rings is 1.